The third kappa shape index (κ3) is 4.39. The van der Waals surface area contributed by atoms with Crippen molar-refractivity contribution in [1.82, 2.24) is 0 Å². The standard InChI is InChI=1S/C25H28Cl2O4/c1-7-25(27)13-12-16(17-10-8-9-11-19(17)26)14-18(25)20-21(29)23(3,4)31-24(5,6)22(20)30-15(2)28/h8-14,18H,7H2,1-6H3. The van der Waals surface area contributed by atoms with E-state index < -0.39 is 28.0 Å². The molecule has 3 rings (SSSR count). The molecule has 1 heterocycles. The lowest BCUT2D eigenvalue weighted by molar-refractivity contribution is -0.169. The molecule has 31 heavy (non-hydrogen) atoms. The molecule has 4 nitrogen and oxygen atoms in total. The highest BCUT2D eigenvalue weighted by molar-refractivity contribution is 6.32. The van der Waals surface area contributed by atoms with Crippen molar-refractivity contribution in [3.63, 3.8) is 0 Å². The molecule has 0 aromatic heterocycles. The summed E-state index contributed by atoms with van der Waals surface area (Å²) in [6, 6.07) is 7.51. The Bertz CT molecular complexity index is 1020. The van der Waals surface area contributed by atoms with Crippen LogP contribution in [0.2, 0.25) is 5.02 Å². The lowest BCUT2D eigenvalue weighted by Crippen LogP contribution is -2.53. The SMILES string of the molecule is CCC1(Cl)C=CC(c2ccccc2Cl)=CC1C1=C(OC(C)=O)C(C)(C)OC(C)(C)C1=O. The van der Waals surface area contributed by atoms with Gasteiger partial charge in [-0.15, -0.1) is 11.6 Å². The van der Waals surface area contributed by atoms with Crippen LogP contribution >= 0.6 is 23.2 Å². The number of ether oxygens (including phenoxy) is 2. The number of Topliss-reactive ketones (excluding diaryl/α,β-unsaturated/α-hetero) is 1. The number of benzene rings is 1. The predicted octanol–water partition coefficient (Wildman–Crippen LogP) is 6.27. The number of hydrogen-bond acceptors (Lipinski definition) is 4. The first kappa shape index (κ1) is 23.8. The van der Waals surface area contributed by atoms with Crippen LogP contribution in [0.15, 0.2) is 53.8 Å². The van der Waals surface area contributed by atoms with Crippen LogP contribution < -0.4 is 0 Å². The number of carbonyl (C=O) groups excluding carboxylic acids is 2. The quantitative estimate of drug-likeness (QED) is 0.390. The van der Waals surface area contributed by atoms with Crippen molar-refractivity contribution in [3.8, 4) is 0 Å². The highest BCUT2D eigenvalue weighted by Gasteiger charge is 2.53. The summed E-state index contributed by atoms with van der Waals surface area (Å²) in [5.74, 6) is -1.11. The summed E-state index contributed by atoms with van der Waals surface area (Å²) in [5.41, 5.74) is -0.0445. The Morgan fingerprint density at radius 3 is 2.39 bits per heavy atom. The fraction of sp³-hybridized carbons (Fsp3) is 0.440. The zero-order valence-corrected chi connectivity index (χ0v) is 20.2. The number of hydrogen-bond donors (Lipinski definition) is 0. The molecule has 2 unspecified atom stereocenters. The zero-order chi connectivity index (χ0) is 23.2. The molecule has 1 aromatic carbocycles. The van der Waals surface area contributed by atoms with Crippen LogP contribution in [0, 0.1) is 5.92 Å². The van der Waals surface area contributed by atoms with Crippen LogP contribution in [0.5, 0.6) is 0 Å². The molecule has 0 saturated heterocycles. The maximum atomic E-state index is 13.6. The first-order chi connectivity index (χ1) is 14.3. The number of alkyl halides is 1. The van der Waals surface area contributed by atoms with E-state index in [1.165, 1.54) is 6.92 Å². The summed E-state index contributed by atoms with van der Waals surface area (Å²) < 4.78 is 11.6. The van der Waals surface area contributed by atoms with Crippen molar-refractivity contribution in [2.45, 2.75) is 64.0 Å². The topological polar surface area (TPSA) is 52.6 Å². The Kier molecular flexibility index (Phi) is 6.31. The molecule has 2 aliphatic rings. The maximum Gasteiger partial charge on any atom is 0.307 e. The third-order valence-corrected chi connectivity index (χ3v) is 6.74. The van der Waals surface area contributed by atoms with Crippen LogP contribution in [0.3, 0.4) is 0 Å². The van der Waals surface area contributed by atoms with E-state index in [1.807, 2.05) is 49.4 Å². The van der Waals surface area contributed by atoms with Gasteiger partial charge in [-0.2, -0.15) is 0 Å². The van der Waals surface area contributed by atoms with Crippen molar-refractivity contribution in [3.05, 3.63) is 64.4 Å². The highest BCUT2D eigenvalue weighted by Crippen LogP contribution is 2.49. The van der Waals surface area contributed by atoms with Gasteiger partial charge >= 0.3 is 5.97 Å². The third-order valence-electron chi connectivity index (χ3n) is 5.78. The van der Waals surface area contributed by atoms with Crippen molar-refractivity contribution in [2.24, 2.45) is 5.92 Å². The van der Waals surface area contributed by atoms with E-state index >= 15 is 0 Å². The van der Waals surface area contributed by atoms with Gasteiger partial charge in [-0.05, 0) is 51.3 Å². The first-order valence-corrected chi connectivity index (χ1v) is 11.1. The average Bonchev–Trinajstić information content (AvgIpc) is 2.67. The van der Waals surface area contributed by atoms with Gasteiger partial charge in [-0.1, -0.05) is 55.0 Å². The summed E-state index contributed by atoms with van der Waals surface area (Å²) in [6.07, 6.45) is 6.35. The average molecular weight is 463 g/mol. The molecule has 0 fully saturated rings. The van der Waals surface area contributed by atoms with Gasteiger partial charge in [0.05, 0.1) is 4.87 Å². The summed E-state index contributed by atoms with van der Waals surface area (Å²) in [6.45, 7) is 10.3. The van der Waals surface area contributed by atoms with Gasteiger partial charge in [0.15, 0.2) is 5.78 Å². The summed E-state index contributed by atoms with van der Waals surface area (Å²) in [4.78, 5) is 24.7. The van der Waals surface area contributed by atoms with Gasteiger partial charge in [-0.3, -0.25) is 9.59 Å². The molecule has 0 radical (unpaired) electrons. The first-order valence-electron chi connectivity index (χ1n) is 10.4. The Hall–Kier alpha value is -1.88. The number of halogens is 2. The monoisotopic (exact) mass is 462 g/mol. The van der Waals surface area contributed by atoms with Crippen molar-refractivity contribution < 1.29 is 19.1 Å². The lowest BCUT2D eigenvalue weighted by Gasteiger charge is -2.45. The minimum Gasteiger partial charge on any atom is -0.428 e. The predicted molar refractivity (Wildman–Crippen MR) is 124 cm³/mol. The van der Waals surface area contributed by atoms with Crippen molar-refractivity contribution >= 4 is 40.5 Å². The Balaban J connectivity index is 2.30. The maximum absolute atomic E-state index is 13.6. The molecule has 0 amide bonds. The molecule has 166 valence electrons. The van der Waals surface area contributed by atoms with Gasteiger partial charge in [0, 0.05) is 23.4 Å². The largest absolute Gasteiger partial charge is 0.428 e. The lowest BCUT2D eigenvalue weighted by atomic mass is 9.71. The van der Waals surface area contributed by atoms with Gasteiger partial charge in [0.2, 0.25) is 0 Å². The molecule has 1 aliphatic heterocycles. The fourth-order valence-electron chi connectivity index (χ4n) is 4.33. The van der Waals surface area contributed by atoms with Crippen LogP contribution in [-0.2, 0) is 19.1 Å². The summed E-state index contributed by atoms with van der Waals surface area (Å²) in [7, 11) is 0. The highest BCUT2D eigenvalue weighted by atomic mass is 35.5. The van der Waals surface area contributed by atoms with Crippen molar-refractivity contribution in [1.29, 1.82) is 0 Å². The number of carbonyl (C=O) groups is 2. The van der Waals surface area contributed by atoms with E-state index in [9.17, 15) is 9.59 Å². The Labute approximate surface area is 193 Å². The molecule has 0 N–H and O–H groups in total. The molecule has 6 heteroatoms. The van der Waals surface area contributed by atoms with E-state index in [1.54, 1.807) is 27.7 Å². The number of esters is 1. The number of ketones is 1. The molecule has 0 spiro atoms. The van der Waals surface area contributed by atoms with Gasteiger partial charge in [0.25, 0.3) is 0 Å². The summed E-state index contributed by atoms with van der Waals surface area (Å²) in [5, 5.41) is 0.601. The van der Waals surface area contributed by atoms with Gasteiger partial charge < -0.3 is 9.47 Å². The van der Waals surface area contributed by atoms with Crippen LogP contribution in [0.25, 0.3) is 5.57 Å². The second kappa shape index (κ2) is 8.23. The van der Waals surface area contributed by atoms with E-state index in [-0.39, 0.29) is 11.5 Å². The van der Waals surface area contributed by atoms with Gasteiger partial charge in [0.1, 0.15) is 17.0 Å². The fourth-order valence-corrected chi connectivity index (χ4v) is 4.81. The number of rotatable bonds is 4. The Morgan fingerprint density at radius 1 is 1.16 bits per heavy atom. The molecular weight excluding hydrogens is 435 g/mol. The van der Waals surface area contributed by atoms with Crippen LogP contribution in [-0.4, -0.2) is 27.8 Å². The molecule has 0 bridgehead atoms. The zero-order valence-electron chi connectivity index (χ0n) is 18.7. The van der Waals surface area contributed by atoms with E-state index in [0.29, 0.717) is 17.0 Å². The molecule has 1 aliphatic carbocycles. The minimum atomic E-state index is -1.10. The molecular formula is C25H28Cl2O4. The second-order valence-corrected chi connectivity index (χ2v) is 10.1. The second-order valence-electron chi connectivity index (χ2n) is 8.98. The molecule has 2 atom stereocenters. The normalized spacial score (nSPS) is 27.2. The smallest absolute Gasteiger partial charge is 0.307 e. The van der Waals surface area contributed by atoms with Gasteiger partial charge in [-0.25, -0.2) is 0 Å². The molecule has 0 saturated carbocycles. The number of allylic oxidation sites excluding steroid dienone is 4. The van der Waals surface area contributed by atoms with E-state index in [2.05, 4.69) is 0 Å². The Morgan fingerprint density at radius 2 is 1.81 bits per heavy atom. The summed E-state index contributed by atoms with van der Waals surface area (Å²) >= 11 is 13.5. The van der Waals surface area contributed by atoms with Crippen LogP contribution in [0.1, 0.15) is 53.5 Å². The van der Waals surface area contributed by atoms with Crippen molar-refractivity contribution in [2.75, 3.05) is 0 Å². The minimum absolute atomic E-state index is 0.206. The van der Waals surface area contributed by atoms with Crippen LogP contribution in [0.4, 0.5) is 0 Å². The van der Waals surface area contributed by atoms with E-state index in [4.69, 9.17) is 32.7 Å². The van der Waals surface area contributed by atoms with E-state index in [0.717, 1.165) is 11.1 Å². The molecule has 1 aromatic rings.